The van der Waals surface area contributed by atoms with Crippen molar-refractivity contribution < 1.29 is 0 Å². The molecular weight excluding hydrogens is 166 g/mol. The molecule has 0 saturated heterocycles. The van der Waals surface area contributed by atoms with Crippen molar-refractivity contribution in [2.75, 3.05) is 5.73 Å². The third-order valence-electron chi connectivity index (χ3n) is 1.89. The average Bonchev–Trinajstić information content (AvgIpc) is 2.03. The predicted molar refractivity (Wildman–Crippen MR) is 57.6 cm³/mol. The second kappa shape index (κ2) is 4.41. The monoisotopic (exact) mass is 181 g/mol. The van der Waals surface area contributed by atoms with Crippen molar-refractivity contribution in [1.29, 1.82) is 0 Å². The highest BCUT2D eigenvalue weighted by atomic mass is 32.1. The van der Waals surface area contributed by atoms with Crippen LogP contribution in [-0.4, -0.2) is 5.25 Å². The van der Waals surface area contributed by atoms with Crippen molar-refractivity contribution in [2.45, 2.75) is 25.0 Å². The van der Waals surface area contributed by atoms with Gasteiger partial charge in [0.15, 0.2) is 0 Å². The van der Waals surface area contributed by atoms with Gasteiger partial charge < -0.3 is 5.73 Å². The number of benzene rings is 1. The highest BCUT2D eigenvalue weighted by Gasteiger charge is 1.99. The lowest BCUT2D eigenvalue weighted by molar-refractivity contribution is 0.817. The zero-order chi connectivity index (χ0) is 8.97. The van der Waals surface area contributed by atoms with Crippen molar-refractivity contribution >= 4 is 18.3 Å². The summed E-state index contributed by atoms with van der Waals surface area (Å²) in [5, 5.41) is 0.449. The van der Waals surface area contributed by atoms with Crippen LogP contribution < -0.4 is 5.73 Å². The summed E-state index contributed by atoms with van der Waals surface area (Å²) in [7, 11) is 0. The van der Waals surface area contributed by atoms with Crippen LogP contribution in [-0.2, 0) is 6.42 Å². The van der Waals surface area contributed by atoms with Crippen molar-refractivity contribution in [3.05, 3.63) is 29.8 Å². The first-order valence-electron chi connectivity index (χ1n) is 4.21. The summed E-state index contributed by atoms with van der Waals surface area (Å²) in [5.74, 6) is 0. The first-order valence-corrected chi connectivity index (χ1v) is 4.73. The van der Waals surface area contributed by atoms with Gasteiger partial charge in [0.05, 0.1) is 0 Å². The van der Waals surface area contributed by atoms with Crippen molar-refractivity contribution in [1.82, 2.24) is 0 Å². The van der Waals surface area contributed by atoms with E-state index in [0.29, 0.717) is 5.25 Å². The Kier molecular flexibility index (Phi) is 3.48. The van der Waals surface area contributed by atoms with Crippen LogP contribution in [0.5, 0.6) is 0 Å². The fraction of sp³-hybridized carbons (Fsp3) is 0.400. The molecule has 1 rings (SSSR count). The molecule has 0 aromatic heterocycles. The van der Waals surface area contributed by atoms with Gasteiger partial charge in [-0.3, -0.25) is 0 Å². The molecule has 1 atom stereocenters. The summed E-state index contributed by atoms with van der Waals surface area (Å²) in [6, 6.07) is 8.00. The first kappa shape index (κ1) is 9.46. The Labute approximate surface area is 79.4 Å². The van der Waals surface area contributed by atoms with Gasteiger partial charge in [0.2, 0.25) is 0 Å². The SMILES string of the molecule is CC(S)CCc1ccccc1N. The molecule has 1 unspecified atom stereocenters. The molecule has 0 bridgehead atoms. The second-order valence-corrected chi connectivity index (χ2v) is 3.97. The number of nitrogen functional groups attached to an aromatic ring is 1. The molecular formula is C10H15NS. The Morgan fingerprint density at radius 1 is 1.42 bits per heavy atom. The summed E-state index contributed by atoms with van der Waals surface area (Å²) in [5.41, 5.74) is 7.91. The van der Waals surface area contributed by atoms with Crippen LogP contribution in [0.15, 0.2) is 24.3 Å². The molecule has 1 nitrogen and oxygen atoms in total. The van der Waals surface area contributed by atoms with Gasteiger partial charge >= 0.3 is 0 Å². The van der Waals surface area contributed by atoms with Crippen LogP contribution in [0.2, 0.25) is 0 Å². The Hall–Kier alpha value is -0.630. The maximum Gasteiger partial charge on any atom is 0.0346 e. The van der Waals surface area contributed by atoms with Crippen molar-refractivity contribution in [3.8, 4) is 0 Å². The number of para-hydroxylation sites is 1. The normalized spacial score (nSPS) is 12.8. The number of hydrogen-bond acceptors (Lipinski definition) is 2. The third-order valence-corrected chi connectivity index (χ3v) is 2.14. The molecule has 0 saturated carbocycles. The van der Waals surface area contributed by atoms with E-state index in [4.69, 9.17) is 5.73 Å². The molecule has 0 amide bonds. The lowest BCUT2D eigenvalue weighted by Crippen LogP contribution is -1.98. The topological polar surface area (TPSA) is 26.0 Å². The van der Waals surface area contributed by atoms with E-state index in [1.165, 1.54) is 5.56 Å². The fourth-order valence-electron chi connectivity index (χ4n) is 1.13. The van der Waals surface area contributed by atoms with E-state index >= 15 is 0 Å². The fourth-order valence-corrected chi connectivity index (χ4v) is 1.26. The maximum atomic E-state index is 5.78. The molecule has 0 aliphatic rings. The molecule has 66 valence electrons. The predicted octanol–water partition coefficient (Wildman–Crippen LogP) is 2.52. The highest BCUT2D eigenvalue weighted by Crippen LogP contribution is 2.14. The van der Waals surface area contributed by atoms with E-state index in [1.807, 2.05) is 18.2 Å². The van der Waals surface area contributed by atoms with Gasteiger partial charge in [-0.05, 0) is 29.7 Å². The van der Waals surface area contributed by atoms with Gasteiger partial charge in [0.25, 0.3) is 0 Å². The molecule has 1 aromatic rings. The number of nitrogens with two attached hydrogens (primary N) is 1. The molecule has 0 aliphatic carbocycles. The summed E-state index contributed by atoms with van der Waals surface area (Å²) < 4.78 is 0. The zero-order valence-corrected chi connectivity index (χ0v) is 8.22. The second-order valence-electron chi connectivity index (χ2n) is 3.09. The van der Waals surface area contributed by atoms with E-state index in [9.17, 15) is 0 Å². The smallest absolute Gasteiger partial charge is 0.0346 e. The zero-order valence-electron chi connectivity index (χ0n) is 7.33. The van der Waals surface area contributed by atoms with Crippen LogP contribution in [0.3, 0.4) is 0 Å². The molecule has 12 heavy (non-hydrogen) atoms. The van der Waals surface area contributed by atoms with Gasteiger partial charge in [-0.25, -0.2) is 0 Å². The first-order chi connectivity index (χ1) is 5.70. The minimum absolute atomic E-state index is 0.449. The van der Waals surface area contributed by atoms with Gasteiger partial charge in [-0.2, -0.15) is 12.6 Å². The molecule has 0 radical (unpaired) electrons. The lowest BCUT2D eigenvalue weighted by Gasteiger charge is -2.06. The van der Waals surface area contributed by atoms with Gasteiger partial charge in [-0.1, -0.05) is 25.1 Å². The van der Waals surface area contributed by atoms with Crippen LogP contribution >= 0.6 is 12.6 Å². The van der Waals surface area contributed by atoms with E-state index in [2.05, 4.69) is 25.6 Å². The Bertz CT molecular complexity index is 245. The summed E-state index contributed by atoms with van der Waals surface area (Å²) in [6.07, 6.45) is 2.11. The quantitative estimate of drug-likeness (QED) is 0.544. The average molecular weight is 181 g/mol. The molecule has 0 aliphatic heterocycles. The number of anilines is 1. The van der Waals surface area contributed by atoms with Crippen molar-refractivity contribution in [2.24, 2.45) is 0 Å². The largest absolute Gasteiger partial charge is 0.399 e. The highest BCUT2D eigenvalue weighted by molar-refractivity contribution is 7.80. The molecule has 2 heteroatoms. The Morgan fingerprint density at radius 3 is 2.67 bits per heavy atom. The van der Waals surface area contributed by atoms with Crippen LogP contribution in [0.25, 0.3) is 0 Å². The molecule has 0 fully saturated rings. The standard InChI is InChI=1S/C10H15NS/c1-8(12)6-7-9-4-2-3-5-10(9)11/h2-5,8,12H,6-7,11H2,1H3. The molecule has 2 N–H and O–H groups in total. The third kappa shape index (κ3) is 2.78. The van der Waals surface area contributed by atoms with Crippen molar-refractivity contribution in [3.63, 3.8) is 0 Å². The Balaban J connectivity index is 2.57. The number of hydrogen-bond donors (Lipinski definition) is 2. The van der Waals surface area contributed by atoms with E-state index in [-0.39, 0.29) is 0 Å². The molecule has 0 spiro atoms. The van der Waals surface area contributed by atoms with Crippen LogP contribution in [0, 0.1) is 0 Å². The molecule has 0 heterocycles. The minimum atomic E-state index is 0.449. The van der Waals surface area contributed by atoms with E-state index in [0.717, 1.165) is 18.5 Å². The summed E-state index contributed by atoms with van der Waals surface area (Å²) in [6.45, 7) is 2.10. The molecule has 1 aromatic carbocycles. The van der Waals surface area contributed by atoms with E-state index in [1.54, 1.807) is 0 Å². The maximum absolute atomic E-state index is 5.78. The van der Waals surface area contributed by atoms with Gasteiger partial charge in [0, 0.05) is 5.69 Å². The van der Waals surface area contributed by atoms with Crippen LogP contribution in [0.1, 0.15) is 18.9 Å². The number of rotatable bonds is 3. The minimum Gasteiger partial charge on any atom is -0.399 e. The van der Waals surface area contributed by atoms with Gasteiger partial charge in [0.1, 0.15) is 0 Å². The summed E-state index contributed by atoms with van der Waals surface area (Å²) >= 11 is 4.32. The van der Waals surface area contributed by atoms with Gasteiger partial charge in [-0.15, -0.1) is 0 Å². The van der Waals surface area contributed by atoms with E-state index < -0.39 is 0 Å². The Morgan fingerprint density at radius 2 is 2.08 bits per heavy atom. The lowest BCUT2D eigenvalue weighted by atomic mass is 10.1. The number of thiol groups is 1. The summed E-state index contributed by atoms with van der Waals surface area (Å²) in [4.78, 5) is 0. The number of aryl methyl sites for hydroxylation is 1. The van der Waals surface area contributed by atoms with Crippen LogP contribution in [0.4, 0.5) is 5.69 Å².